The Morgan fingerprint density at radius 1 is 1.17 bits per heavy atom. The standard InChI is InChI=1S/C20H26N6O2.ClH/c27-18(21-11-14-6-2-1-3-7-14)12-26-13-22-20(25-26)24-19(28)17-10-15-8-4-5-9-16(15)23-17;/h1-3,6-7,13,15-17,23H,4-5,8-12H2,(H,21,27)(H,24,25,28);1H. The summed E-state index contributed by atoms with van der Waals surface area (Å²) in [6.07, 6.45) is 7.18. The third kappa shape index (κ3) is 5.55. The SMILES string of the molecule is Cl.O=C(Cn1cnc(NC(=O)C2CC3CCCCC3N2)n1)NCc1ccccc1. The fourth-order valence-electron chi connectivity index (χ4n) is 4.15. The van der Waals surface area contributed by atoms with Gasteiger partial charge < -0.3 is 10.6 Å². The number of carbonyl (C=O) groups excluding carboxylic acids is 2. The molecular weight excluding hydrogens is 392 g/mol. The second-order valence-electron chi connectivity index (χ2n) is 7.62. The van der Waals surface area contributed by atoms with Crippen molar-refractivity contribution in [2.75, 3.05) is 5.32 Å². The normalized spacial score (nSPS) is 23.0. The molecule has 9 heteroatoms. The maximum absolute atomic E-state index is 12.5. The van der Waals surface area contributed by atoms with Gasteiger partial charge >= 0.3 is 0 Å². The lowest BCUT2D eigenvalue weighted by Gasteiger charge is -2.24. The van der Waals surface area contributed by atoms with Crippen molar-refractivity contribution < 1.29 is 9.59 Å². The number of amides is 2. The van der Waals surface area contributed by atoms with Crippen molar-refractivity contribution in [3.63, 3.8) is 0 Å². The van der Waals surface area contributed by atoms with Crippen LogP contribution in [0.15, 0.2) is 36.7 Å². The van der Waals surface area contributed by atoms with Crippen LogP contribution in [0.5, 0.6) is 0 Å². The monoisotopic (exact) mass is 418 g/mol. The molecule has 29 heavy (non-hydrogen) atoms. The predicted octanol–water partition coefficient (Wildman–Crippen LogP) is 1.88. The van der Waals surface area contributed by atoms with E-state index in [1.165, 1.54) is 30.3 Å². The maximum atomic E-state index is 12.5. The molecule has 2 aliphatic rings. The second-order valence-corrected chi connectivity index (χ2v) is 7.62. The van der Waals surface area contributed by atoms with Crippen LogP contribution in [0.3, 0.4) is 0 Å². The summed E-state index contributed by atoms with van der Waals surface area (Å²) >= 11 is 0. The van der Waals surface area contributed by atoms with Gasteiger partial charge in [-0.1, -0.05) is 43.2 Å². The van der Waals surface area contributed by atoms with Gasteiger partial charge in [0.25, 0.3) is 0 Å². The first-order valence-corrected chi connectivity index (χ1v) is 9.94. The highest BCUT2D eigenvalue weighted by atomic mass is 35.5. The number of aromatic nitrogens is 3. The smallest absolute Gasteiger partial charge is 0.248 e. The van der Waals surface area contributed by atoms with Gasteiger partial charge in [0.2, 0.25) is 17.8 Å². The molecule has 0 bridgehead atoms. The first-order chi connectivity index (χ1) is 13.7. The quantitative estimate of drug-likeness (QED) is 0.664. The Hall–Kier alpha value is -2.45. The highest BCUT2D eigenvalue weighted by Crippen LogP contribution is 2.33. The summed E-state index contributed by atoms with van der Waals surface area (Å²) in [5.74, 6) is 0.578. The highest BCUT2D eigenvalue weighted by molar-refractivity contribution is 5.93. The van der Waals surface area contributed by atoms with Gasteiger partial charge in [-0.2, -0.15) is 0 Å². The predicted molar refractivity (Wildman–Crippen MR) is 111 cm³/mol. The molecule has 1 saturated heterocycles. The van der Waals surface area contributed by atoms with Crippen LogP contribution >= 0.6 is 12.4 Å². The second kappa shape index (κ2) is 9.84. The molecular formula is C20H27ClN6O2. The summed E-state index contributed by atoms with van der Waals surface area (Å²) in [6.45, 7) is 0.523. The van der Waals surface area contributed by atoms with Gasteiger partial charge in [-0.15, -0.1) is 17.5 Å². The van der Waals surface area contributed by atoms with Crippen LogP contribution < -0.4 is 16.0 Å². The van der Waals surface area contributed by atoms with Gasteiger partial charge in [0.1, 0.15) is 12.9 Å². The number of carbonyl (C=O) groups is 2. The number of nitrogens with one attached hydrogen (secondary N) is 3. The Morgan fingerprint density at radius 3 is 2.76 bits per heavy atom. The minimum absolute atomic E-state index is 0. The van der Waals surface area contributed by atoms with E-state index in [0.29, 0.717) is 18.5 Å². The third-order valence-corrected chi connectivity index (χ3v) is 5.59. The van der Waals surface area contributed by atoms with Gasteiger partial charge in [-0.3, -0.25) is 14.9 Å². The number of hydrogen-bond acceptors (Lipinski definition) is 5. The lowest BCUT2D eigenvalue weighted by atomic mass is 9.85. The molecule has 3 N–H and O–H groups in total. The summed E-state index contributed by atoms with van der Waals surface area (Å²) in [7, 11) is 0. The highest BCUT2D eigenvalue weighted by Gasteiger charge is 2.38. The van der Waals surface area contributed by atoms with Gasteiger partial charge in [0.05, 0.1) is 6.04 Å². The van der Waals surface area contributed by atoms with Crippen molar-refractivity contribution in [2.45, 2.75) is 57.3 Å². The molecule has 1 aliphatic heterocycles. The number of halogens is 1. The Kier molecular flexibility index (Phi) is 7.22. The molecule has 1 aromatic carbocycles. The van der Waals surface area contributed by atoms with Gasteiger partial charge in [-0.25, -0.2) is 9.67 Å². The molecule has 2 aromatic rings. The van der Waals surface area contributed by atoms with E-state index in [2.05, 4.69) is 26.0 Å². The summed E-state index contributed by atoms with van der Waals surface area (Å²) in [5, 5.41) is 13.3. The van der Waals surface area contributed by atoms with Crippen LogP contribution in [-0.2, 0) is 22.7 Å². The first-order valence-electron chi connectivity index (χ1n) is 9.94. The zero-order valence-corrected chi connectivity index (χ0v) is 17.0. The largest absolute Gasteiger partial charge is 0.350 e. The van der Waals surface area contributed by atoms with Crippen LogP contribution in [0.4, 0.5) is 5.95 Å². The fourth-order valence-corrected chi connectivity index (χ4v) is 4.15. The van der Waals surface area contributed by atoms with E-state index in [1.54, 1.807) is 0 Å². The van der Waals surface area contributed by atoms with Crippen LogP contribution in [-0.4, -0.2) is 38.7 Å². The van der Waals surface area contributed by atoms with Crippen LogP contribution in [0.1, 0.15) is 37.7 Å². The Labute approximate surface area is 176 Å². The van der Waals surface area contributed by atoms with Gasteiger partial charge in [0, 0.05) is 12.6 Å². The number of benzene rings is 1. The topological polar surface area (TPSA) is 101 Å². The molecule has 0 spiro atoms. The lowest BCUT2D eigenvalue weighted by Crippen LogP contribution is -2.40. The summed E-state index contributed by atoms with van der Waals surface area (Å²) in [4.78, 5) is 28.7. The molecule has 2 amide bonds. The molecule has 1 aliphatic carbocycles. The molecule has 1 aromatic heterocycles. The summed E-state index contributed by atoms with van der Waals surface area (Å²) in [5.41, 5.74) is 1.03. The summed E-state index contributed by atoms with van der Waals surface area (Å²) in [6, 6.07) is 9.99. The zero-order valence-electron chi connectivity index (χ0n) is 16.2. The number of hydrogen-bond donors (Lipinski definition) is 3. The van der Waals surface area contributed by atoms with Crippen molar-refractivity contribution in [1.82, 2.24) is 25.4 Å². The van der Waals surface area contributed by atoms with E-state index in [9.17, 15) is 9.59 Å². The molecule has 2 fully saturated rings. The van der Waals surface area contributed by atoms with Crippen LogP contribution in [0, 0.1) is 5.92 Å². The average Bonchev–Trinajstić information content (AvgIpc) is 3.34. The van der Waals surface area contributed by atoms with Crippen molar-refractivity contribution >= 4 is 30.2 Å². The third-order valence-electron chi connectivity index (χ3n) is 5.59. The minimum Gasteiger partial charge on any atom is -0.350 e. The molecule has 0 radical (unpaired) electrons. The van der Waals surface area contributed by atoms with Gasteiger partial charge in [-0.05, 0) is 30.7 Å². The Morgan fingerprint density at radius 2 is 1.97 bits per heavy atom. The van der Waals surface area contributed by atoms with E-state index in [4.69, 9.17) is 0 Å². The van der Waals surface area contributed by atoms with Crippen molar-refractivity contribution in [3.8, 4) is 0 Å². The molecule has 2 heterocycles. The number of nitrogens with zero attached hydrogens (tertiary/aromatic N) is 3. The molecule has 3 unspecified atom stereocenters. The van der Waals surface area contributed by atoms with Crippen molar-refractivity contribution in [3.05, 3.63) is 42.2 Å². The Bertz CT molecular complexity index is 813. The number of rotatable bonds is 6. The average molecular weight is 419 g/mol. The summed E-state index contributed by atoms with van der Waals surface area (Å²) < 4.78 is 1.43. The van der Waals surface area contributed by atoms with Crippen LogP contribution in [0.25, 0.3) is 0 Å². The lowest BCUT2D eigenvalue weighted by molar-refractivity contribution is -0.122. The molecule has 4 rings (SSSR count). The van der Waals surface area contributed by atoms with Gasteiger partial charge in [0.15, 0.2) is 0 Å². The number of anilines is 1. The van der Waals surface area contributed by atoms with Crippen molar-refractivity contribution in [2.24, 2.45) is 5.92 Å². The van der Waals surface area contributed by atoms with Crippen molar-refractivity contribution in [1.29, 1.82) is 0 Å². The molecule has 8 nitrogen and oxygen atoms in total. The van der Waals surface area contributed by atoms with E-state index in [-0.39, 0.29) is 42.8 Å². The number of fused-ring (bicyclic) bond motifs is 1. The zero-order chi connectivity index (χ0) is 19.3. The van der Waals surface area contributed by atoms with Crippen LogP contribution in [0.2, 0.25) is 0 Å². The minimum atomic E-state index is -0.186. The fraction of sp³-hybridized carbons (Fsp3) is 0.500. The van der Waals surface area contributed by atoms with E-state index >= 15 is 0 Å². The molecule has 1 saturated carbocycles. The van der Waals surface area contributed by atoms with E-state index in [1.807, 2.05) is 30.3 Å². The molecule has 3 atom stereocenters. The molecule has 156 valence electrons. The van der Waals surface area contributed by atoms with E-state index < -0.39 is 0 Å². The Balaban J connectivity index is 0.00000240. The first kappa shape index (κ1) is 21.3. The van der Waals surface area contributed by atoms with E-state index in [0.717, 1.165) is 18.4 Å². The maximum Gasteiger partial charge on any atom is 0.248 e.